The Balaban J connectivity index is 1.98. The van der Waals surface area contributed by atoms with Crippen LogP contribution in [-0.4, -0.2) is 35.2 Å². The molecule has 4 N–H and O–H groups in total. The Bertz CT molecular complexity index is 1150. The van der Waals surface area contributed by atoms with Gasteiger partial charge in [-0.1, -0.05) is 30.3 Å². The van der Waals surface area contributed by atoms with E-state index in [1.807, 2.05) is 0 Å². The molecule has 0 atom stereocenters. The summed E-state index contributed by atoms with van der Waals surface area (Å²) in [5, 5.41) is 2.49. The summed E-state index contributed by atoms with van der Waals surface area (Å²) in [6.07, 6.45) is 0. The van der Waals surface area contributed by atoms with E-state index in [-0.39, 0.29) is 23.4 Å². The second-order valence-corrected chi connectivity index (χ2v) is 6.69. The average Bonchev–Trinajstić information content (AvgIpc) is 3.11. The number of hydrogen-bond acceptors (Lipinski definition) is 5. The number of amides is 2. The van der Waals surface area contributed by atoms with E-state index in [0.717, 1.165) is 0 Å². The standard InChI is InChI=1S/C23H21N3O5/c1-3-31-23(30)17-13(2)25-19(18(17)14-7-5-4-6-8-14)20(27)22(29)26-16-11-9-15(10-12-16)21(24)28/h4-12,25H,3H2,1-2H3,(H2,24,28)(H,26,29). The molecule has 3 rings (SSSR count). The highest BCUT2D eigenvalue weighted by atomic mass is 16.5. The van der Waals surface area contributed by atoms with Gasteiger partial charge in [-0.15, -0.1) is 0 Å². The van der Waals surface area contributed by atoms with Gasteiger partial charge in [0.05, 0.1) is 12.2 Å². The van der Waals surface area contributed by atoms with Gasteiger partial charge in [-0.05, 0) is 43.7 Å². The van der Waals surface area contributed by atoms with E-state index in [4.69, 9.17) is 10.5 Å². The lowest BCUT2D eigenvalue weighted by Gasteiger charge is -2.08. The van der Waals surface area contributed by atoms with Crippen LogP contribution in [0.1, 0.15) is 43.8 Å². The summed E-state index contributed by atoms with van der Waals surface area (Å²) in [7, 11) is 0. The van der Waals surface area contributed by atoms with E-state index in [1.54, 1.807) is 44.2 Å². The lowest BCUT2D eigenvalue weighted by atomic mass is 9.98. The molecule has 0 aliphatic carbocycles. The van der Waals surface area contributed by atoms with Crippen molar-refractivity contribution >= 4 is 29.3 Å². The number of anilines is 1. The van der Waals surface area contributed by atoms with Crippen LogP contribution in [0.2, 0.25) is 0 Å². The van der Waals surface area contributed by atoms with Gasteiger partial charge >= 0.3 is 5.97 Å². The van der Waals surface area contributed by atoms with Gasteiger partial charge in [0, 0.05) is 22.5 Å². The molecule has 0 aliphatic rings. The molecular formula is C23H21N3O5. The molecule has 0 saturated carbocycles. The molecule has 8 heteroatoms. The Kier molecular flexibility index (Phi) is 6.30. The number of hydrogen-bond donors (Lipinski definition) is 3. The topological polar surface area (TPSA) is 131 Å². The lowest BCUT2D eigenvalue weighted by molar-refractivity contribution is -0.112. The molecule has 2 aromatic carbocycles. The zero-order valence-electron chi connectivity index (χ0n) is 17.0. The fraction of sp³-hybridized carbons (Fsp3) is 0.130. The van der Waals surface area contributed by atoms with Crippen LogP contribution >= 0.6 is 0 Å². The SMILES string of the molecule is CCOC(=O)c1c(C)[nH]c(C(=O)C(=O)Nc2ccc(C(N)=O)cc2)c1-c1ccccc1. The van der Waals surface area contributed by atoms with Crippen molar-refractivity contribution in [2.75, 3.05) is 11.9 Å². The Morgan fingerprint density at radius 2 is 1.65 bits per heavy atom. The quantitative estimate of drug-likeness (QED) is 0.308. The first-order valence-electron chi connectivity index (χ1n) is 9.54. The van der Waals surface area contributed by atoms with Gasteiger partial charge in [0.15, 0.2) is 0 Å². The number of ketones is 1. The van der Waals surface area contributed by atoms with Gasteiger partial charge in [-0.25, -0.2) is 4.79 Å². The third-order valence-corrected chi connectivity index (χ3v) is 4.59. The van der Waals surface area contributed by atoms with Gasteiger partial charge in [-0.3, -0.25) is 14.4 Å². The van der Waals surface area contributed by atoms with Crippen LogP contribution in [0.15, 0.2) is 54.6 Å². The minimum absolute atomic E-state index is 0.0157. The van der Waals surface area contributed by atoms with Crippen LogP contribution in [0, 0.1) is 6.92 Å². The normalized spacial score (nSPS) is 10.4. The van der Waals surface area contributed by atoms with E-state index >= 15 is 0 Å². The van der Waals surface area contributed by atoms with E-state index in [2.05, 4.69) is 10.3 Å². The van der Waals surface area contributed by atoms with E-state index in [0.29, 0.717) is 22.5 Å². The first-order valence-corrected chi connectivity index (χ1v) is 9.54. The monoisotopic (exact) mass is 419 g/mol. The molecular weight excluding hydrogens is 398 g/mol. The number of carbonyl (C=O) groups excluding carboxylic acids is 4. The maximum absolute atomic E-state index is 13.0. The summed E-state index contributed by atoms with van der Waals surface area (Å²) in [4.78, 5) is 52.2. The lowest BCUT2D eigenvalue weighted by Crippen LogP contribution is -2.24. The van der Waals surface area contributed by atoms with Crippen molar-refractivity contribution in [3.05, 3.63) is 77.1 Å². The zero-order chi connectivity index (χ0) is 22.5. The molecule has 0 unspecified atom stereocenters. The Morgan fingerprint density at radius 1 is 1.00 bits per heavy atom. The van der Waals surface area contributed by atoms with Crippen LogP contribution in [0.4, 0.5) is 5.69 Å². The second-order valence-electron chi connectivity index (χ2n) is 6.69. The van der Waals surface area contributed by atoms with Crippen molar-refractivity contribution < 1.29 is 23.9 Å². The first kappa shape index (κ1) is 21.5. The average molecular weight is 419 g/mol. The predicted octanol–water partition coefficient (Wildman–Crippen LogP) is 3.09. The Morgan fingerprint density at radius 3 is 2.23 bits per heavy atom. The number of rotatable bonds is 7. The largest absolute Gasteiger partial charge is 0.462 e. The second kappa shape index (κ2) is 9.08. The number of H-pyrrole nitrogens is 1. The molecule has 158 valence electrons. The smallest absolute Gasteiger partial charge is 0.340 e. The molecule has 3 aromatic rings. The number of carbonyl (C=O) groups is 4. The fourth-order valence-electron chi connectivity index (χ4n) is 3.17. The van der Waals surface area contributed by atoms with E-state index < -0.39 is 23.6 Å². The summed E-state index contributed by atoms with van der Waals surface area (Å²) >= 11 is 0. The van der Waals surface area contributed by atoms with E-state index in [9.17, 15) is 19.2 Å². The number of aromatic amines is 1. The molecule has 0 radical (unpaired) electrons. The molecule has 31 heavy (non-hydrogen) atoms. The number of Topliss-reactive ketones (excluding diaryl/α,β-unsaturated/α-hetero) is 1. The number of aromatic nitrogens is 1. The molecule has 0 fully saturated rings. The summed E-state index contributed by atoms with van der Waals surface area (Å²) < 4.78 is 5.14. The number of aryl methyl sites for hydroxylation is 1. The van der Waals surface area contributed by atoms with E-state index in [1.165, 1.54) is 24.3 Å². The molecule has 1 heterocycles. The zero-order valence-corrected chi connectivity index (χ0v) is 17.0. The highest BCUT2D eigenvalue weighted by Gasteiger charge is 2.29. The van der Waals surface area contributed by atoms with Crippen LogP contribution in [0.25, 0.3) is 11.1 Å². The van der Waals surface area contributed by atoms with Crippen molar-refractivity contribution in [1.29, 1.82) is 0 Å². The molecule has 8 nitrogen and oxygen atoms in total. The molecule has 0 saturated heterocycles. The van der Waals surface area contributed by atoms with Crippen LogP contribution < -0.4 is 11.1 Å². The van der Waals surface area contributed by atoms with Crippen molar-refractivity contribution in [2.24, 2.45) is 5.73 Å². The fourth-order valence-corrected chi connectivity index (χ4v) is 3.17. The van der Waals surface area contributed by atoms with Crippen LogP contribution in [0.5, 0.6) is 0 Å². The van der Waals surface area contributed by atoms with Crippen LogP contribution in [-0.2, 0) is 9.53 Å². The van der Waals surface area contributed by atoms with Gasteiger partial charge in [-0.2, -0.15) is 0 Å². The number of nitrogens with two attached hydrogens (primary N) is 1. The van der Waals surface area contributed by atoms with Gasteiger partial charge in [0.25, 0.3) is 11.7 Å². The third kappa shape index (κ3) is 4.53. The highest BCUT2D eigenvalue weighted by molar-refractivity contribution is 6.47. The number of esters is 1. The number of primary amides is 1. The predicted molar refractivity (Wildman–Crippen MR) is 115 cm³/mol. The molecule has 0 spiro atoms. The maximum atomic E-state index is 13.0. The molecule has 0 aliphatic heterocycles. The summed E-state index contributed by atoms with van der Waals surface area (Å²) in [6.45, 7) is 3.49. The molecule has 1 aromatic heterocycles. The number of ether oxygens (including phenoxy) is 1. The summed E-state index contributed by atoms with van der Waals surface area (Å²) in [5.74, 6) is -2.94. The molecule has 2 amide bonds. The number of benzene rings is 2. The van der Waals surface area contributed by atoms with Crippen molar-refractivity contribution in [2.45, 2.75) is 13.8 Å². The Hall–Kier alpha value is -4.20. The third-order valence-electron chi connectivity index (χ3n) is 4.59. The minimum Gasteiger partial charge on any atom is -0.462 e. The maximum Gasteiger partial charge on any atom is 0.340 e. The highest BCUT2D eigenvalue weighted by Crippen LogP contribution is 2.31. The first-order chi connectivity index (χ1) is 14.8. The van der Waals surface area contributed by atoms with Crippen molar-refractivity contribution in [3.63, 3.8) is 0 Å². The van der Waals surface area contributed by atoms with Crippen molar-refractivity contribution in [1.82, 2.24) is 4.98 Å². The molecule has 0 bridgehead atoms. The summed E-state index contributed by atoms with van der Waals surface area (Å²) in [5.41, 5.74) is 7.30. The van der Waals surface area contributed by atoms with Gasteiger partial charge in [0.2, 0.25) is 5.91 Å². The Labute approximate surface area is 178 Å². The minimum atomic E-state index is -0.902. The van der Waals surface area contributed by atoms with Gasteiger partial charge < -0.3 is 20.8 Å². The summed E-state index contributed by atoms with van der Waals surface area (Å²) in [6, 6.07) is 14.6. The van der Waals surface area contributed by atoms with Crippen LogP contribution in [0.3, 0.4) is 0 Å². The van der Waals surface area contributed by atoms with Crippen molar-refractivity contribution in [3.8, 4) is 11.1 Å². The van der Waals surface area contributed by atoms with Gasteiger partial charge in [0.1, 0.15) is 5.69 Å². The number of nitrogens with one attached hydrogen (secondary N) is 2.